The van der Waals surface area contributed by atoms with Crippen molar-refractivity contribution in [2.75, 3.05) is 0 Å². The van der Waals surface area contributed by atoms with Gasteiger partial charge in [-0.05, 0) is 40.8 Å². The van der Waals surface area contributed by atoms with Crippen molar-refractivity contribution in [3.8, 4) is 16.5 Å². The summed E-state index contributed by atoms with van der Waals surface area (Å²) in [5.41, 5.74) is 0. The first-order valence-electron chi connectivity index (χ1n) is 9.02. The molecule has 28 heavy (non-hydrogen) atoms. The van der Waals surface area contributed by atoms with Crippen molar-refractivity contribution in [3.63, 3.8) is 0 Å². The van der Waals surface area contributed by atoms with Crippen LogP contribution in [0.25, 0.3) is 21.5 Å². The number of nitrogens with zero attached hydrogens (tertiary/aromatic N) is 2. The Labute approximate surface area is 166 Å². The van der Waals surface area contributed by atoms with Gasteiger partial charge in [0.25, 0.3) is 5.91 Å². The van der Waals surface area contributed by atoms with E-state index in [9.17, 15) is 4.79 Å². The van der Waals surface area contributed by atoms with Crippen LogP contribution in [0.5, 0.6) is 5.75 Å². The fourth-order valence-electron chi connectivity index (χ4n) is 2.84. The van der Waals surface area contributed by atoms with Gasteiger partial charge in [0.2, 0.25) is 11.7 Å². The average Bonchev–Trinajstić information content (AvgIpc) is 3.41. The lowest BCUT2D eigenvalue weighted by Crippen LogP contribution is -2.37. The number of carbonyl (C=O) groups excluding carboxylic acids is 1. The molecule has 2 aromatic heterocycles. The minimum Gasteiger partial charge on any atom is -0.481 e. The molecule has 0 bridgehead atoms. The highest BCUT2D eigenvalue weighted by molar-refractivity contribution is 7.13. The standard InChI is InChI=1S/C21H19N3O3S/c1-2-17(26-16-10-9-14-6-3-4-7-15(14)12-16)21(25)22-13-19-23-20(24-27-19)18-8-5-11-28-18/h3-12,17H,2,13H2,1H3,(H,22,25). The molecule has 1 unspecified atom stereocenters. The third kappa shape index (κ3) is 4.04. The molecule has 0 aliphatic rings. The molecule has 1 atom stereocenters. The fraction of sp³-hybridized carbons (Fsp3) is 0.190. The van der Waals surface area contributed by atoms with Crippen LogP contribution >= 0.6 is 11.3 Å². The summed E-state index contributed by atoms with van der Waals surface area (Å²) in [5.74, 6) is 1.33. The maximum atomic E-state index is 12.5. The summed E-state index contributed by atoms with van der Waals surface area (Å²) >= 11 is 1.53. The van der Waals surface area contributed by atoms with Gasteiger partial charge in [-0.3, -0.25) is 4.79 Å². The van der Waals surface area contributed by atoms with Crippen molar-refractivity contribution in [3.05, 3.63) is 65.9 Å². The van der Waals surface area contributed by atoms with Crippen LogP contribution in [-0.2, 0) is 11.3 Å². The highest BCUT2D eigenvalue weighted by atomic mass is 32.1. The number of benzene rings is 2. The molecule has 4 aromatic rings. The van der Waals surface area contributed by atoms with Gasteiger partial charge >= 0.3 is 0 Å². The number of hydrogen-bond acceptors (Lipinski definition) is 6. The van der Waals surface area contributed by atoms with E-state index in [-0.39, 0.29) is 12.5 Å². The van der Waals surface area contributed by atoms with Crippen LogP contribution in [0, 0.1) is 0 Å². The van der Waals surface area contributed by atoms with E-state index >= 15 is 0 Å². The maximum absolute atomic E-state index is 12.5. The first kappa shape index (κ1) is 18.2. The summed E-state index contributed by atoms with van der Waals surface area (Å²) in [5, 5.41) is 10.9. The Morgan fingerprint density at radius 2 is 2.04 bits per heavy atom. The zero-order valence-corrected chi connectivity index (χ0v) is 16.1. The number of nitrogens with one attached hydrogen (secondary N) is 1. The predicted octanol–water partition coefficient (Wildman–Crippen LogP) is 4.43. The summed E-state index contributed by atoms with van der Waals surface area (Å²) < 4.78 is 11.1. The van der Waals surface area contributed by atoms with Crippen molar-refractivity contribution in [1.82, 2.24) is 15.5 Å². The number of fused-ring (bicyclic) bond motifs is 1. The van der Waals surface area contributed by atoms with Crippen molar-refractivity contribution < 1.29 is 14.1 Å². The lowest BCUT2D eigenvalue weighted by Gasteiger charge is -2.17. The number of hydrogen-bond donors (Lipinski definition) is 1. The van der Waals surface area contributed by atoms with Gasteiger partial charge in [-0.1, -0.05) is 48.5 Å². The van der Waals surface area contributed by atoms with Crippen molar-refractivity contribution in [2.45, 2.75) is 26.0 Å². The SMILES string of the molecule is CCC(Oc1ccc2ccccc2c1)C(=O)NCc1nc(-c2cccs2)no1. The number of thiophene rings is 1. The number of carbonyl (C=O) groups is 1. The van der Waals surface area contributed by atoms with Gasteiger partial charge in [-0.2, -0.15) is 4.98 Å². The van der Waals surface area contributed by atoms with Gasteiger partial charge < -0.3 is 14.6 Å². The Balaban J connectivity index is 1.38. The Kier molecular flexibility index (Phi) is 5.34. The largest absolute Gasteiger partial charge is 0.481 e. The molecule has 1 N–H and O–H groups in total. The molecule has 0 spiro atoms. The summed E-state index contributed by atoms with van der Waals surface area (Å²) in [6.45, 7) is 2.07. The average molecular weight is 393 g/mol. The quantitative estimate of drug-likeness (QED) is 0.503. The van der Waals surface area contributed by atoms with Crippen LogP contribution in [0.2, 0.25) is 0 Å². The molecule has 142 valence electrons. The Hall–Kier alpha value is -3.19. The maximum Gasteiger partial charge on any atom is 0.261 e. The minimum atomic E-state index is -0.596. The van der Waals surface area contributed by atoms with Gasteiger partial charge in [0.15, 0.2) is 6.10 Å². The molecule has 0 saturated carbocycles. The lowest BCUT2D eigenvalue weighted by atomic mass is 10.1. The van der Waals surface area contributed by atoms with E-state index in [2.05, 4.69) is 15.5 Å². The van der Waals surface area contributed by atoms with Gasteiger partial charge in [-0.15, -0.1) is 11.3 Å². The molecule has 0 aliphatic carbocycles. The number of aromatic nitrogens is 2. The van der Waals surface area contributed by atoms with Crippen LogP contribution in [0.4, 0.5) is 0 Å². The van der Waals surface area contributed by atoms with Crippen LogP contribution in [-0.4, -0.2) is 22.2 Å². The van der Waals surface area contributed by atoms with E-state index in [4.69, 9.17) is 9.26 Å². The van der Waals surface area contributed by atoms with Gasteiger partial charge in [0.05, 0.1) is 11.4 Å². The zero-order valence-electron chi connectivity index (χ0n) is 15.3. The molecule has 1 amide bonds. The molecule has 4 rings (SSSR count). The van der Waals surface area contributed by atoms with E-state index < -0.39 is 6.10 Å². The normalized spacial score (nSPS) is 12.0. The van der Waals surface area contributed by atoms with Crippen LogP contribution in [0.15, 0.2) is 64.5 Å². The number of rotatable bonds is 7. The van der Waals surface area contributed by atoms with Crippen molar-refractivity contribution in [1.29, 1.82) is 0 Å². The van der Waals surface area contributed by atoms with Gasteiger partial charge in [-0.25, -0.2) is 0 Å². The highest BCUT2D eigenvalue weighted by Crippen LogP contribution is 2.23. The molecule has 2 aromatic carbocycles. The molecular weight excluding hydrogens is 374 g/mol. The highest BCUT2D eigenvalue weighted by Gasteiger charge is 2.19. The summed E-state index contributed by atoms with van der Waals surface area (Å²) in [4.78, 5) is 17.8. The third-order valence-electron chi connectivity index (χ3n) is 4.29. The van der Waals surface area contributed by atoms with E-state index in [1.54, 1.807) is 0 Å². The molecular formula is C21H19N3O3S. The molecule has 2 heterocycles. The fourth-order valence-corrected chi connectivity index (χ4v) is 3.49. The topological polar surface area (TPSA) is 77.2 Å². The van der Waals surface area contributed by atoms with E-state index in [0.29, 0.717) is 23.9 Å². The zero-order chi connectivity index (χ0) is 19.3. The summed E-state index contributed by atoms with van der Waals surface area (Å²) in [6, 6.07) is 17.7. The second-order valence-electron chi connectivity index (χ2n) is 6.23. The molecule has 0 fully saturated rings. The predicted molar refractivity (Wildman–Crippen MR) is 108 cm³/mol. The first-order chi connectivity index (χ1) is 13.7. The molecule has 0 aliphatic heterocycles. The van der Waals surface area contributed by atoms with Crippen LogP contribution in [0.3, 0.4) is 0 Å². The second-order valence-corrected chi connectivity index (χ2v) is 7.18. The first-order valence-corrected chi connectivity index (χ1v) is 9.90. The summed E-state index contributed by atoms with van der Waals surface area (Å²) in [6.07, 6.45) is -0.0519. The smallest absolute Gasteiger partial charge is 0.261 e. The summed E-state index contributed by atoms with van der Waals surface area (Å²) in [7, 11) is 0. The minimum absolute atomic E-state index is 0.161. The Morgan fingerprint density at radius 1 is 1.18 bits per heavy atom. The second kappa shape index (κ2) is 8.22. The molecule has 7 heteroatoms. The third-order valence-corrected chi connectivity index (χ3v) is 5.15. The van der Waals surface area contributed by atoms with Gasteiger partial charge in [0, 0.05) is 0 Å². The number of ether oxygens (including phenoxy) is 1. The van der Waals surface area contributed by atoms with Crippen molar-refractivity contribution >= 4 is 28.0 Å². The van der Waals surface area contributed by atoms with Gasteiger partial charge in [0.1, 0.15) is 5.75 Å². The van der Waals surface area contributed by atoms with E-state index in [1.165, 1.54) is 11.3 Å². The van der Waals surface area contributed by atoms with E-state index in [1.807, 2.05) is 66.9 Å². The number of amides is 1. The van der Waals surface area contributed by atoms with Crippen LogP contribution in [0.1, 0.15) is 19.2 Å². The Bertz CT molecular complexity index is 1080. The van der Waals surface area contributed by atoms with Crippen LogP contribution < -0.4 is 10.1 Å². The van der Waals surface area contributed by atoms with E-state index in [0.717, 1.165) is 15.6 Å². The van der Waals surface area contributed by atoms with Crippen molar-refractivity contribution in [2.24, 2.45) is 0 Å². The monoisotopic (exact) mass is 393 g/mol. The lowest BCUT2D eigenvalue weighted by molar-refractivity contribution is -0.128. The molecule has 6 nitrogen and oxygen atoms in total. The molecule has 0 radical (unpaired) electrons. The molecule has 0 saturated heterocycles. The Morgan fingerprint density at radius 3 is 2.82 bits per heavy atom.